The normalized spacial score (nSPS) is 18.9. The second kappa shape index (κ2) is 9.20. The average Bonchev–Trinajstić information content (AvgIpc) is 2.57. The van der Waals surface area contributed by atoms with E-state index in [1.807, 2.05) is 0 Å². The Balaban J connectivity index is 2.71. The van der Waals surface area contributed by atoms with Gasteiger partial charge in [-0.25, -0.2) is 4.18 Å². The molecule has 0 spiro atoms. The van der Waals surface area contributed by atoms with Crippen molar-refractivity contribution in [3.63, 3.8) is 0 Å². The van der Waals surface area contributed by atoms with Gasteiger partial charge >= 0.3 is 0 Å². The van der Waals surface area contributed by atoms with E-state index in [0.717, 1.165) is 0 Å². The Kier molecular flexibility index (Phi) is 7.93. The van der Waals surface area contributed by atoms with Gasteiger partial charge in [0.15, 0.2) is 0 Å². The SMILES string of the molecule is O=S(=O)(C=Cc1ccccc1)OC(O)[C@H](O)[C@@H](O)[C@H](O)[C@H](O)CO. The predicted molar refractivity (Wildman–Crippen MR) is 82.6 cm³/mol. The molecule has 6 N–H and O–H groups in total. The number of aliphatic hydroxyl groups excluding tert-OH is 6. The zero-order valence-corrected chi connectivity index (χ0v) is 13.3. The molecule has 0 radical (unpaired) electrons. The summed E-state index contributed by atoms with van der Waals surface area (Å²) in [5.41, 5.74) is 0.543. The molecule has 0 saturated carbocycles. The molecule has 24 heavy (non-hydrogen) atoms. The van der Waals surface area contributed by atoms with Crippen LogP contribution in [0.4, 0.5) is 0 Å². The van der Waals surface area contributed by atoms with E-state index >= 15 is 0 Å². The molecule has 0 heterocycles. The molecule has 0 amide bonds. The smallest absolute Gasteiger partial charge is 0.292 e. The number of hydrogen-bond donors (Lipinski definition) is 6. The minimum absolute atomic E-state index is 0.543. The highest BCUT2D eigenvalue weighted by atomic mass is 32.2. The highest BCUT2D eigenvalue weighted by molar-refractivity contribution is 7.89. The van der Waals surface area contributed by atoms with Gasteiger partial charge in [-0.1, -0.05) is 30.3 Å². The molecule has 1 rings (SSSR count). The van der Waals surface area contributed by atoms with Gasteiger partial charge in [0.05, 0.1) is 12.0 Å². The molecule has 0 bridgehead atoms. The maximum absolute atomic E-state index is 11.7. The van der Waals surface area contributed by atoms with Crippen molar-refractivity contribution in [1.82, 2.24) is 0 Å². The van der Waals surface area contributed by atoms with Crippen LogP contribution in [0.3, 0.4) is 0 Å². The molecule has 1 aromatic carbocycles. The third-order valence-corrected chi connectivity index (χ3v) is 3.97. The van der Waals surface area contributed by atoms with Crippen LogP contribution in [-0.4, -0.2) is 76.4 Å². The lowest BCUT2D eigenvalue weighted by Gasteiger charge is -2.27. The van der Waals surface area contributed by atoms with Gasteiger partial charge in [-0.2, -0.15) is 8.42 Å². The maximum atomic E-state index is 11.7. The van der Waals surface area contributed by atoms with E-state index in [2.05, 4.69) is 4.18 Å². The zero-order valence-electron chi connectivity index (χ0n) is 12.5. The molecule has 0 aromatic heterocycles. The molecular formula is C14H20O9S. The van der Waals surface area contributed by atoms with Gasteiger partial charge in [-0.15, -0.1) is 0 Å². The molecule has 9 nitrogen and oxygen atoms in total. The van der Waals surface area contributed by atoms with Crippen LogP contribution in [0.5, 0.6) is 0 Å². The van der Waals surface area contributed by atoms with E-state index in [0.29, 0.717) is 11.0 Å². The highest BCUT2D eigenvalue weighted by Crippen LogP contribution is 2.13. The third-order valence-electron chi connectivity index (χ3n) is 3.03. The van der Waals surface area contributed by atoms with Gasteiger partial charge in [-0.05, 0) is 11.6 Å². The van der Waals surface area contributed by atoms with E-state index in [4.69, 9.17) is 10.2 Å². The summed E-state index contributed by atoms with van der Waals surface area (Å²) in [6, 6.07) is 8.32. The van der Waals surface area contributed by atoms with Gasteiger partial charge < -0.3 is 30.6 Å². The minimum atomic E-state index is -4.40. The van der Waals surface area contributed by atoms with E-state index in [1.54, 1.807) is 30.3 Å². The van der Waals surface area contributed by atoms with E-state index in [-0.39, 0.29) is 0 Å². The first-order valence-electron chi connectivity index (χ1n) is 6.85. The van der Waals surface area contributed by atoms with Crippen LogP contribution in [-0.2, 0) is 14.3 Å². The van der Waals surface area contributed by atoms with Gasteiger partial charge in [0.25, 0.3) is 10.1 Å². The average molecular weight is 364 g/mol. The first kappa shape index (κ1) is 20.7. The van der Waals surface area contributed by atoms with Crippen LogP contribution in [0, 0.1) is 0 Å². The van der Waals surface area contributed by atoms with Crippen molar-refractivity contribution in [1.29, 1.82) is 0 Å². The lowest BCUT2D eigenvalue weighted by Crippen LogP contribution is -2.50. The number of rotatable bonds is 9. The Morgan fingerprint density at radius 3 is 2.08 bits per heavy atom. The van der Waals surface area contributed by atoms with Crippen LogP contribution in [0.2, 0.25) is 0 Å². The van der Waals surface area contributed by atoms with E-state index < -0.39 is 47.4 Å². The van der Waals surface area contributed by atoms with Crippen molar-refractivity contribution in [2.24, 2.45) is 0 Å². The topological polar surface area (TPSA) is 165 Å². The van der Waals surface area contributed by atoms with Crippen LogP contribution in [0.25, 0.3) is 6.08 Å². The second-order valence-electron chi connectivity index (χ2n) is 4.91. The second-order valence-corrected chi connectivity index (χ2v) is 6.36. The van der Waals surface area contributed by atoms with E-state index in [9.17, 15) is 28.8 Å². The predicted octanol–water partition coefficient (Wildman–Crippen LogP) is -2.24. The summed E-state index contributed by atoms with van der Waals surface area (Å²) in [6.45, 7) is -0.917. The summed E-state index contributed by atoms with van der Waals surface area (Å²) in [6.07, 6.45) is -9.43. The summed E-state index contributed by atoms with van der Waals surface area (Å²) in [5.74, 6) is 0. The molecule has 0 fully saturated rings. The van der Waals surface area contributed by atoms with Crippen molar-refractivity contribution in [3.05, 3.63) is 41.3 Å². The summed E-state index contributed by atoms with van der Waals surface area (Å²) < 4.78 is 27.7. The lowest BCUT2D eigenvalue weighted by atomic mass is 10.0. The molecule has 0 aliphatic heterocycles. The monoisotopic (exact) mass is 364 g/mol. The Labute approximate surface area is 138 Å². The molecular weight excluding hydrogens is 344 g/mol. The first-order chi connectivity index (χ1) is 11.2. The summed E-state index contributed by atoms with van der Waals surface area (Å²) in [5, 5.41) is 56.5. The van der Waals surface area contributed by atoms with Gasteiger partial charge in [0, 0.05) is 0 Å². The van der Waals surface area contributed by atoms with Crippen molar-refractivity contribution in [2.75, 3.05) is 6.61 Å². The fraction of sp³-hybridized carbons (Fsp3) is 0.429. The third kappa shape index (κ3) is 6.26. The quantitative estimate of drug-likeness (QED) is 0.210. The Bertz CT molecular complexity index is 616. The first-order valence-corrected chi connectivity index (χ1v) is 8.32. The largest absolute Gasteiger partial charge is 0.394 e. The maximum Gasteiger partial charge on any atom is 0.292 e. The van der Waals surface area contributed by atoms with Crippen molar-refractivity contribution in [3.8, 4) is 0 Å². The van der Waals surface area contributed by atoms with Crippen LogP contribution >= 0.6 is 0 Å². The molecule has 5 atom stereocenters. The molecule has 136 valence electrons. The molecule has 0 aliphatic rings. The fourth-order valence-corrected chi connectivity index (χ4v) is 2.44. The zero-order chi connectivity index (χ0) is 18.3. The molecule has 10 heteroatoms. The van der Waals surface area contributed by atoms with Gasteiger partial charge in [-0.3, -0.25) is 0 Å². The molecule has 1 aromatic rings. The summed E-state index contributed by atoms with van der Waals surface area (Å²) >= 11 is 0. The summed E-state index contributed by atoms with van der Waals surface area (Å²) in [7, 11) is -4.40. The lowest BCUT2D eigenvalue weighted by molar-refractivity contribution is -0.179. The van der Waals surface area contributed by atoms with Crippen LogP contribution in [0.1, 0.15) is 5.56 Å². The molecule has 0 saturated heterocycles. The van der Waals surface area contributed by atoms with Crippen molar-refractivity contribution in [2.45, 2.75) is 30.7 Å². The highest BCUT2D eigenvalue weighted by Gasteiger charge is 2.36. The number of benzene rings is 1. The van der Waals surface area contributed by atoms with Crippen LogP contribution < -0.4 is 0 Å². The molecule has 0 aliphatic carbocycles. The van der Waals surface area contributed by atoms with Gasteiger partial charge in [0.2, 0.25) is 6.29 Å². The van der Waals surface area contributed by atoms with E-state index in [1.165, 1.54) is 6.08 Å². The Morgan fingerprint density at radius 1 is 0.958 bits per heavy atom. The van der Waals surface area contributed by atoms with Crippen LogP contribution in [0.15, 0.2) is 35.7 Å². The van der Waals surface area contributed by atoms with Crippen molar-refractivity contribution >= 4 is 16.2 Å². The fourth-order valence-electron chi connectivity index (χ4n) is 1.66. The number of hydrogen-bond acceptors (Lipinski definition) is 9. The Morgan fingerprint density at radius 2 is 1.54 bits per heavy atom. The summed E-state index contributed by atoms with van der Waals surface area (Å²) in [4.78, 5) is 0. The van der Waals surface area contributed by atoms with Crippen molar-refractivity contribution < 1.29 is 43.2 Å². The van der Waals surface area contributed by atoms with Gasteiger partial charge in [0.1, 0.15) is 24.4 Å². The molecule has 1 unspecified atom stereocenters. The minimum Gasteiger partial charge on any atom is -0.394 e. The number of aliphatic hydroxyl groups is 6. The Hall–Kier alpha value is -1.37. The standard InChI is InChI=1S/C14H20O9S/c15-8-10(16)11(17)12(18)13(19)14(20)23-24(21,22)7-6-9-4-2-1-3-5-9/h1-7,10-20H,8H2/t10-,11-,12+,13-,14?/m1/s1.